The van der Waals surface area contributed by atoms with Gasteiger partial charge in [-0.25, -0.2) is 0 Å². The zero-order chi connectivity index (χ0) is 18.4. The fourth-order valence-corrected chi connectivity index (χ4v) is 5.00. The van der Waals surface area contributed by atoms with Gasteiger partial charge < -0.3 is 5.09 Å². The fourth-order valence-electron chi connectivity index (χ4n) is 2.86. The molecule has 2 aromatic rings. The summed E-state index contributed by atoms with van der Waals surface area (Å²) in [6, 6.07) is 19.3. The number of amidine groups is 1. The van der Waals surface area contributed by atoms with Crippen molar-refractivity contribution in [3.63, 3.8) is 0 Å². The molecule has 25 heavy (non-hydrogen) atoms. The van der Waals surface area contributed by atoms with E-state index in [-0.39, 0.29) is 14.1 Å². The third-order valence-electron chi connectivity index (χ3n) is 4.28. The van der Waals surface area contributed by atoms with E-state index in [1.165, 1.54) is 16.7 Å². The molecule has 0 radical (unpaired) electrons. The second-order valence-corrected chi connectivity index (χ2v) is 10.2. The molecule has 0 saturated carbocycles. The molecular formula is C22H31N2P. The summed E-state index contributed by atoms with van der Waals surface area (Å²) >= 11 is 0. The first-order valence-corrected chi connectivity index (χ1v) is 10.6. The summed E-state index contributed by atoms with van der Waals surface area (Å²) in [5.74, 6) is 1.02. The molecule has 1 N–H and O–H groups in total. The van der Waals surface area contributed by atoms with Crippen molar-refractivity contribution in [3.8, 4) is 0 Å². The lowest BCUT2D eigenvalue weighted by atomic mass is 10.1. The molecule has 1 unspecified atom stereocenters. The molecule has 0 aliphatic heterocycles. The molecule has 0 aromatic heterocycles. The Kier molecular flexibility index (Phi) is 7.20. The van der Waals surface area contributed by atoms with E-state index in [2.05, 4.69) is 101 Å². The SMILES string of the molecule is Cc1ccc(C(=NC(C)c2ccccc2)NP(C(C)C)C(C)C)cc1. The molecule has 2 rings (SSSR count). The molecular weight excluding hydrogens is 323 g/mol. The number of aliphatic imine (C=N–C) groups is 1. The van der Waals surface area contributed by atoms with Crippen LogP contribution in [0.2, 0.25) is 0 Å². The predicted molar refractivity (Wildman–Crippen MR) is 113 cm³/mol. The summed E-state index contributed by atoms with van der Waals surface area (Å²) in [6.07, 6.45) is 0. The van der Waals surface area contributed by atoms with Crippen LogP contribution in [0, 0.1) is 6.92 Å². The summed E-state index contributed by atoms with van der Waals surface area (Å²) in [4.78, 5) is 5.07. The standard InChI is InChI=1S/C22H31N2P/c1-16(2)25(17(3)4)24-22(21-14-12-18(5)13-15-21)23-19(6)20-10-8-7-9-11-20/h7-17,19H,1-6H3,(H,23,24). The van der Waals surface area contributed by atoms with Crippen LogP contribution in [-0.4, -0.2) is 17.2 Å². The van der Waals surface area contributed by atoms with E-state index >= 15 is 0 Å². The van der Waals surface area contributed by atoms with Crippen LogP contribution in [0.5, 0.6) is 0 Å². The van der Waals surface area contributed by atoms with E-state index in [1.54, 1.807) is 0 Å². The fraction of sp³-hybridized carbons (Fsp3) is 0.409. The number of hydrogen-bond acceptors (Lipinski definition) is 1. The van der Waals surface area contributed by atoms with Crippen LogP contribution in [0.25, 0.3) is 0 Å². The lowest BCUT2D eigenvalue weighted by Crippen LogP contribution is -2.26. The third kappa shape index (κ3) is 5.68. The molecule has 2 nitrogen and oxygen atoms in total. The van der Waals surface area contributed by atoms with Gasteiger partial charge in [-0.2, -0.15) is 0 Å². The number of rotatable bonds is 6. The zero-order valence-electron chi connectivity index (χ0n) is 16.3. The van der Waals surface area contributed by atoms with Crippen molar-refractivity contribution in [1.29, 1.82) is 0 Å². The van der Waals surface area contributed by atoms with Crippen LogP contribution < -0.4 is 5.09 Å². The van der Waals surface area contributed by atoms with Crippen molar-refractivity contribution in [2.45, 2.75) is 58.9 Å². The lowest BCUT2D eigenvalue weighted by Gasteiger charge is -2.28. The minimum Gasteiger partial charge on any atom is -0.348 e. The Balaban J connectivity index is 2.37. The molecule has 0 amide bonds. The first-order chi connectivity index (χ1) is 11.9. The second kappa shape index (κ2) is 9.15. The first kappa shape index (κ1) is 19.7. The van der Waals surface area contributed by atoms with Crippen molar-refractivity contribution in [2.24, 2.45) is 4.99 Å². The number of nitrogens with one attached hydrogen (secondary N) is 1. The van der Waals surface area contributed by atoms with Crippen LogP contribution >= 0.6 is 8.07 Å². The Bertz CT molecular complexity index is 667. The van der Waals surface area contributed by atoms with Crippen LogP contribution in [0.4, 0.5) is 0 Å². The van der Waals surface area contributed by atoms with Crippen LogP contribution in [-0.2, 0) is 0 Å². The topological polar surface area (TPSA) is 24.4 Å². The minimum absolute atomic E-state index is 0.126. The number of benzene rings is 2. The Labute approximate surface area is 154 Å². The van der Waals surface area contributed by atoms with Crippen molar-refractivity contribution in [1.82, 2.24) is 5.09 Å². The summed E-state index contributed by atoms with van der Waals surface area (Å²) in [6.45, 7) is 13.5. The maximum absolute atomic E-state index is 5.07. The van der Waals surface area contributed by atoms with E-state index in [9.17, 15) is 0 Å². The van der Waals surface area contributed by atoms with Crippen LogP contribution in [0.1, 0.15) is 57.4 Å². The van der Waals surface area contributed by atoms with Gasteiger partial charge in [0, 0.05) is 5.56 Å². The van der Waals surface area contributed by atoms with Gasteiger partial charge in [0.2, 0.25) is 0 Å². The molecule has 3 heteroatoms. The molecule has 134 valence electrons. The lowest BCUT2D eigenvalue weighted by molar-refractivity contribution is 0.815. The molecule has 0 heterocycles. The molecule has 0 fully saturated rings. The van der Waals surface area contributed by atoms with Gasteiger partial charge in [0.05, 0.1) is 6.04 Å². The largest absolute Gasteiger partial charge is 0.348 e. The minimum atomic E-state index is -0.330. The predicted octanol–water partition coefficient (Wildman–Crippen LogP) is 6.31. The number of nitrogens with zero attached hydrogens (tertiary/aromatic N) is 1. The molecule has 0 aliphatic rings. The van der Waals surface area contributed by atoms with Gasteiger partial charge in [-0.3, -0.25) is 4.99 Å². The molecule has 0 saturated heterocycles. The monoisotopic (exact) mass is 354 g/mol. The Morgan fingerprint density at radius 2 is 1.40 bits per heavy atom. The van der Waals surface area contributed by atoms with Crippen molar-refractivity contribution in [3.05, 3.63) is 71.3 Å². The normalized spacial score (nSPS) is 13.6. The van der Waals surface area contributed by atoms with Gasteiger partial charge in [0.15, 0.2) is 0 Å². The summed E-state index contributed by atoms with van der Waals surface area (Å²) in [7, 11) is -0.330. The maximum atomic E-state index is 5.07. The highest BCUT2D eigenvalue weighted by molar-refractivity contribution is 7.57. The van der Waals surface area contributed by atoms with Gasteiger partial charge in [-0.1, -0.05) is 87.9 Å². The van der Waals surface area contributed by atoms with Crippen molar-refractivity contribution in [2.75, 3.05) is 0 Å². The number of aryl methyl sites for hydroxylation is 1. The summed E-state index contributed by atoms with van der Waals surface area (Å²) in [5.41, 5.74) is 4.90. The second-order valence-electron chi connectivity index (χ2n) is 7.14. The van der Waals surface area contributed by atoms with Gasteiger partial charge in [-0.05, 0) is 38.8 Å². The van der Waals surface area contributed by atoms with E-state index in [0.717, 1.165) is 5.84 Å². The van der Waals surface area contributed by atoms with E-state index < -0.39 is 0 Å². The number of hydrogen-bond donors (Lipinski definition) is 1. The van der Waals surface area contributed by atoms with E-state index in [0.29, 0.717) is 11.3 Å². The van der Waals surface area contributed by atoms with Gasteiger partial charge >= 0.3 is 0 Å². The Morgan fingerprint density at radius 3 is 1.92 bits per heavy atom. The van der Waals surface area contributed by atoms with Crippen LogP contribution in [0.3, 0.4) is 0 Å². The molecule has 0 spiro atoms. The van der Waals surface area contributed by atoms with Crippen molar-refractivity contribution >= 4 is 13.9 Å². The third-order valence-corrected chi connectivity index (χ3v) is 6.97. The average molecular weight is 354 g/mol. The highest BCUT2D eigenvalue weighted by Gasteiger charge is 2.20. The molecule has 0 bridgehead atoms. The van der Waals surface area contributed by atoms with E-state index in [1.807, 2.05) is 0 Å². The van der Waals surface area contributed by atoms with Gasteiger partial charge in [0.1, 0.15) is 5.84 Å². The zero-order valence-corrected chi connectivity index (χ0v) is 17.2. The average Bonchev–Trinajstić information content (AvgIpc) is 2.59. The highest BCUT2D eigenvalue weighted by atomic mass is 31.1. The Hall–Kier alpha value is -1.66. The van der Waals surface area contributed by atoms with Crippen molar-refractivity contribution < 1.29 is 0 Å². The quantitative estimate of drug-likeness (QED) is 0.367. The highest BCUT2D eigenvalue weighted by Crippen LogP contribution is 2.42. The van der Waals surface area contributed by atoms with E-state index in [4.69, 9.17) is 4.99 Å². The smallest absolute Gasteiger partial charge is 0.132 e. The van der Waals surface area contributed by atoms with Crippen LogP contribution in [0.15, 0.2) is 59.6 Å². The first-order valence-electron chi connectivity index (χ1n) is 9.13. The van der Waals surface area contributed by atoms with Gasteiger partial charge in [0.25, 0.3) is 0 Å². The Morgan fingerprint density at radius 1 is 0.840 bits per heavy atom. The maximum Gasteiger partial charge on any atom is 0.132 e. The van der Waals surface area contributed by atoms with Gasteiger partial charge in [-0.15, -0.1) is 0 Å². The summed E-state index contributed by atoms with van der Waals surface area (Å²) in [5, 5.41) is 3.80. The molecule has 2 aromatic carbocycles. The molecule has 1 atom stereocenters. The summed E-state index contributed by atoms with van der Waals surface area (Å²) < 4.78 is 0. The molecule has 0 aliphatic carbocycles.